The molecule has 0 bridgehead atoms. The fraction of sp³-hybridized carbons (Fsp3) is 0.696. The molecular weight excluding hydrogens is 507 g/mol. The van der Waals surface area contributed by atoms with Crippen molar-refractivity contribution in [3.63, 3.8) is 0 Å². The van der Waals surface area contributed by atoms with Gasteiger partial charge in [0.1, 0.15) is 11.5 Å². The third-order valence-corrected chi connectivity index (χ3v) is 5.99. The highest BCUT2D eigenvalue weighted by atomic mass is 127. The van der Waals surface area contributed by atoms with Crippen molar-refractivity contribution in [3.8, 4) is 11.5 Å². The van der Waals surface area contributed by atoms with Crippen molar-refractivity contribution in [2.45, 2.75) is 46.0 Å². The van der Waals surface area contributed by atoms with E-state index in [0.717, 1.165) is 56.6 Å². The second-order valence-electron chi connectivity index (χ2n) is 8.30. The van der Waals surface area contributed by atoms with Gasteiger partial charge >= 0.3 is 0 Å². The molecule has 8 heteroatoms. The van der Waals surface area contributed by atoms with E-state index in [-0.39, 0.29) is 29.4 Å². The molecule has 1 aromatic rings. The van der Waals surface area contributed by atoms with E-state index in [2.05, 4.69) is 10.2 Å². The molecule has 3 N–H and O–H groups in total. The summed E-state index contributed by atoms with van der Waals surface area (Å²) in [5, 5.41) is 3.24. The summed E-state index contributed by atoms with van der Waals surface area (Å²) in [7, 11) is 0. The molecule has 176 valence electrons. The maximum Gasteiger partial charge on any atom is 0.193 e. The number of nitrogens with one attached hydrogen (secondary N) is 1. The van der Waals surface area contributed by atoms with Crippen LogP contribution in [0.4, 0.5) is 5.69 Å². The van der Waals surface area contributed by atoms with Crippen LogP contribution in [0.1, 0.15) is 46.0 Å². The molecule has 7 nitrogen and oxygen atoms in total. The molecule has 0 aromatic heterocycles. The van der Waals surface area contributed by atoms with Crippen LogP contribution < -0.4 is 20.5 Å². The van der Waals surface area contributed by atoms with E-state index in [1.54, 1.807) is 0 Å². The van der Waals surface area contributed by atoms with Gasteiger partial charge in [-0.2, -0.15) is 0 Å². The largest absolute Gasteiger partial charge is 0.494 e. The Kier molecular flexibility index (Phi) is 11.2. The molecular formula is C23H39IN4O3. The lowest BCUT2D eigenvalue weighted by Crippen LogP contribution is -2.46. The molecule has 2 fully saturated rings. The van der Waals surface area contributed by atoms with Gasteiger partial charge in [-0.25, -0.2) is 0 Å². The van der Waals surface area contributed by atoms with Gasteiger partial charge in [0.25, 0.3) is 0 Å². The van der Waals surface area contributed by atoms with Crippen LogP contribution in [0.2, 0.25) is 0 Å². The summed E-state index contributed by atoms with van der Waals surface area (Å²) in [6.07, 6.45) is 6.30. The minimum absolute atomic E-state index is 0. The van der Waals surface area contributed by atoms with E-state index < -0.39 is 0 Å². The summed E-state index contributed by atoms with van der Waals surface area (Å²) < 4.78 is 16.9. The highest BCUT2D eigenvalue weighted by molar-refractivity contribution is 14.0. The fourth-order valence-corrected chi connectivity index (χ4v) is 4.48. The molecule has 3 rings (SSSR count). The smallest absolute Gasteiger partial charge is 0.193 e. The van der Waals surface area contributed by atoms with Crippen LogP contribution in [0.25, 0.3) is 0 Å². The van der Waals surface area contributed by atoms with Crippen molar-refractivity contribution in [3.05, 3.63) is 18.2 Å². The number of halogens is 1. The molecule has 1 saturated heterocycles. The van der Waals surface area contributed by atoms with Gasteiger partial charge in [-0.15, -0.1) is 24.0 Å². The second kappa shape index (κ2) is 13.3. The molecule has 1 aliphatic carbocycles. The molecule has 1 heterocycles. The summed E-state index contributed by atoms with van der Waals surface area (Å²) in [4.78, 5) is 7.32. The predicted octanol–water partition coefficient (Wildman–Crippen LogP) is 4.11. The Balaban J connectivity index is 0.00000341. The number of rotatable bonds is 9. The van der Waals surface area contributed by atoms with Gasteiger partial charge in [0, 0.05) is 37.7 Å². The lowest BCUT2D eigenvalue weighted by molar-refractivity contribution is 0.00940. The minimum Gasteiger partial charge on any atom is -0.494 e. The van der Waals surface area contributed by atoms with Crippen molar-refractivity contribution in [2.75, 3.05) is 57.9 Å². The van der Waals surface area contributed by atoms with Gasteiger partial charge in [-0.1, -0.05) is 19.3 Å². The summed E-state index contributed by atoms with van der Waals surface area (Å²) in [6, 6.07) is 5.73. The second-order valence-corrected chi connectivity index (χ2v) is 8.30. The third kappa shape index (κ3) is 7.98. The molecule has 31 heavy (non-hydrogen) atoms. The number of ether oxygens (including phenoxy) is 3. The average Bonchev–Trinajstić information content (AvgIpc) is 2.76. The first-order valence-corrected chi connectivity index (χ1v) is 11.4. The van der Waals surface area contributed by atoms with Crippen molar-refractivity contribution in [2.24, 2.45) is 16.1 Å². The SMILES string of the molecule is CCOc1ccc(OCC)c(NC(N)=NCC2(CN3CCOCC3)CCCCC2)c1.I. The molecule has 2 aliphatic rings. The molecule has 1 aromatic carbocycles. The molecule has 0 radical (unpaired) electrons. The topological polar surface area (TPSA) is 81.3 Å². The molecule has 0 spiro atoms. The molecule has 1 saturated carbocycles. The van der Waals surface area contributed by atoms with Gasteiger partial charge < -0.3 is 25.3 Å². The number of aliphatic imine (C=N–C) groups is 1. The Labute approximate surface area is 204 Å². The summed E-state index contributed by atoms with van der Waals surface area (Å²) in [6.45, 7) is 10.7. The van der Waals surface area contributed by atoms with Crippen molar-refractivity contribution >= 4 is 35.6 Å². The van der Waals surface area contributed by atoms with E-state index in [4.69, 9.17) is 24.9 Å². The molecule has 1 aliphatic heterocycles. The average molecular weight is 546 g/mol. The Hall–Kier alpha value is -1.26. The van der Waals surface area contributed by atoms with E-state index in [0.29, 0.717) is 19.2 Å². The van der Waals surface area contributed by atoms with Gasteiger partial charge in [-0.3, -0.25) is 9.89 Å². The Morgan fingerprint density at radius 2 is 1.84 bits per heavy atom. The monoisotopic (exact) mass is 546 g/mol. The molecule has 0 amide bonds. The number of guanidine groups is 1. The van der Waals surface area contributed by atoms with Gasteiger partial charge in [0.15, 0.2) is 5.96 Å². The Bertz CT molecular complexity index is 689. The molecule has 0 atom stereocenters. The van der Waals surface area contributed by atoms with E-state index in [1.807, 2.05) is 32.0 Å². The van der Waals surface area contributed by atoms with E-state index in [1.165, 1.54) is 32.1 Å². The van der Waals surface area contributed by atoms with Crippen LogP contribution in [0.3, 0.4) is 0 Å². The predicted molar refractivity (Wildman–Crippen MR) is 137 cm³/mol. The van der Waals surface area contributed by atoms with Gasteiger partial charge in [-0.05, 0) is 38.8 Å². The highest BCUT2D eigenvalue weighted by Crippen LogP contribution is 2.38. The highest BCUT2D eigenvalue weighted by Gasteiger charge is 2.34. The van der Waals surface area contributed by atoms with Crippen LogP contribution >= 0.6 is 24.0 Å². The first kappa shape index (κ1) is 26.0. The van der Waals surface area contributed by atoms with Crippen LogP contribution in [0.15, 0.2) is 23.2 Å². The van der Waals surface area contributed by atoms with Crippen molar-refractivity contribution in [1.29, 1.82) is 0 Å². The fourth-order valence-electron chi connectivity index (χ4n) is 4.48. The minimum atomic E-state index is 0. The number of morpholine rings is 1. The maximum atomic E-state index is 6.31. The Morgan fingerprint density at radius 1 is 1.13 bits per heavy atom. The summed E-state index contributed by atoms with van der Waals surface area (Å²) in [5.41, 5.74) is 7.31. The number of hydrogen-bond donors (Lipinski definition) is 2. The van der Waals surface area contributed by atoms with E-state index in [9.17, 15) is 0 Å². The van der Waals surface area contributed by atoms with Crippen LogP contribution in [-0.2, 0) is 4.74 Å². The van der Waals surface area contributed by atoms with Crippen molar-refractivity contribution < 1.29 is 14.2 Å². The number of anilines is 1. The van der Waals surface area contributed by atoms with Crippen molar-refractivity contribution in [1.82, 2.24) is 4.90 Å². The standard InChI is InChI=1S/C23H38N4O3.HI/c1-3-29-19-8-9-21(30-4-2)20(16-19)26-22(24)25-17-23(10-6-5-7-11-23)18-27-12-14-28-15-13-27;/h8-9,16H,3-7,10-15,17-18H2,1-2H3,(H3,24,25,26);1H. The molecule has 0 unspecified atom stereocenters. The third-order valence-electron chi connectivity index (χ3n) is 5.99. The quantitative estimate of drug-likeness (QED) is 0.276. The van der Waals surface area contributed by atoms with E-state index >= 15 is 0 Å². The van der Waals surface area contributed by atoms with Gasteiger partial charge in [0.05, 0.1) is 32.1 Å². The lowest BCUT2D eigenvalue weighted by atomic mass is 9.73. The number of nitrogens with zero attached hydrogens (tertiary/aromatic N) is 2. The first-order chi connectivity index (χ1) is 14.6. The summed E-state index contributed by atoms with van der Waals surface area (Å²) >= 11 is 0. The number of nitrogens with two attached hydrogens (primary N) is 1. The van der Waals surface area contributed by atoms with Crippen LogP contribution in [0, 0.1) is 5.41 Å². The van der Waals surface area contributed by atoms with Crippen LogP contribution in [-0.4, -0.2) is 63.5 Å². The number of benzene rings is 1. The lowest BCUT2D eigenvalue weighted by Gasteiger charge is -2.41. The van der Waals surface area contributed by atoms with Crippen LogP contribution in [0.5, 0.6) is 11.5 Å². The zero-order chi connectivity index (χ0) is 21.2. The number of hydrogen-bond acceptors (Lipinski definition) is 5. The first-order valence-electron chi connectivity index (χ1n) is 11.4. The zero-order valence-electron chi connectivity index (χ0n) is 19.0. The van der Waals surface area contributed by atoms with Gasteiger partial charge in [0.2, 0.25) is 0 Å². The Morgan fingerprint density at radius 3 is 2.52 bits per heavy atom. The summed E-state index contributed by atoms with van der Waals surface area (Å²) in [5.74, 6) is 1.96. The maximum absolute atomic E-state index is 6.31. The normalized spacial score (nSPS) is 19.4. The zero-order valence-corrected chi connectivity index (χ0v) is 21.4.